The van der Waals surface area contributed by atoms with E-state index in [9.17, 15) is 9.18 Å². The first-order valence-electron chi connectivity index (χ1n) is 7.42. The Labute approximate surface area is 137 Å². The standard InChI is InChI=1S/C17H17FN4O2/c1-24-15-7-3-6-14(9-15)19-10-16-20-17(23)22(21-16)11-12-4-2-5-13(18)8-12/h2-9,19H,10-11H2,1H3,(H,20,21,23). The lowest BCUT2D eigenvalue weighted by atomic mass is 10.2. The molecule has 0 saturated heterocycles. The van der Waals surface area contributed by atoms with E-state index in [1.165, 1.54) is 16.8 Å². The zero-order chi connectivity index (χ0) is 16.9. The van der Waals surface area contributed by atoms with Crippen LogP contribution < -0.4 is 15.7 Å². The van der Waals surface area contributed by atoms with E-state index in [2.05, 4.69) is 15.4 Å². The maximum Gasteiger partial charge on any atom is 0.343 e. The van der Waals surface area contributed by atoms with Gasteiger partial charge in [0, 0.05) is 11.8 Å². The smallest absolute Gasteiger partial charge is 0.343 e. The van der Waals surface area contributed by atoms with Crippen molar-refractivity contribution >= 4 is 5.69 Å². The van der Waals surface area contributed by atoms with Crippen molar-refractivity contribution in [3.63, 3.8) is 0 Å². The quantitative estimate of drug-likeness (QED) is 0.729. The van der Waals surface area contributed by atoms with Gasteiger partial charge in [-0.1, -0.05) is 18.2 Å². The van der Waals surface area contributed by atoms with E-state index in [1.807, 2.05) is 24.3 Å². The summed E-state index contributed by atoms with van der Waals surface area (Å²) in [7, 11) is 1.60. The highest BCUT2D eigenvalue weighted by Crippen LogP contribution is 2.16. The number of anilines is 1. The Kier molecular flexibility index (Phi) is 4.60. The molecule has 0 atom stereocenters. The summed E-state index contributed by atoms with van der Waals surface area (Å²) in [6, 6.07) is 13.6. The van der Waals surface area contributed by atoms with Crippen LogP contribution in [0.4, 0.5) is 10.1 Å². The molecule has 124 valence electrons. The van der Waals surface area contributed by atoms with Crippen LogP contribution in [0.2, 0.25) is 0 Å². The largest absolute Gasteiger partial charge is 0.497 e. The fourth-order valence-electron chi connectivity index (χ4n) is 2.32. The summed E-state index contributed by atoms with van der Waals surface area (Å²) in [4.78, 5) is 14.6. The van der Waals surface area contributed by atoms with E-state index in [0.717, 1.165) is 11.4 Å². The van der Waals surface area contributed by atoms with Crippen LogP contribution in [-0.4, -0.2) is 21.9 Å². The predicted molar refractivity (Wildman–Crippen MR) is 88.7 cm³/mol. The minimum atomic E-state index is -0.337. The molecule has 0 fully saturated rings. The van der Waals surface area contributed by atoms with E-state index in [0.29, 0.717) is 17.9 Å². The van der Waals surface area contributed by atoms with Crippen molar-refractivity contribution in [2.24, 2.45) is 0 Å². The minimum Gasteiger partial charge on any atom is -0.497 e. The highest BCUT2D eigenvalue weighted by molar-refractivity contribution is 5.48. The van der Waals surface area contributed by atoms with Crippen LogP contribution in [0.5, 0.6) is 5.75 Å². The Morgan fingerprint density at radius 1 is 1.25 bits per heavy atom. The predicted octanol–water partition coefficient (Wildman–Crippen LogP) is 2.38. The Balaban J connectivity index is 1.68. The molecule has 0 amide bonds. The molecule has 6 nitrogen and oxygen atoms in total. The summed E-state index contributed by atoms with van der Waals surface area (Å²) in [5.41, 5.74) is 1.20. The summed E-state index contributed by atoms with van der Waals surface area (Å²) in [5.74, 6) is 0.903. The number of benzene rings is 2. The van der Waals surface area contributed by atoms with Gasteiger partial charge in [-0.3, -0.25) is 4.98 Å². The number of aromatic amines is 1. The Bertz CT molecular complexity index is 888. The number of H-pyrrole nitrogens is 1. The molecular weight excluding hydrogens is 311 g/mol. The molecule has 0 bridgehead atoms. The fourth-order valence-corrected chi connectivity index (χ4v) is 2.32. The van der Waals surface area contributed by atoms with Crippen molar-refractivity contribution in [1.82, 2.24) is 14.8 Å². The lowest BCUT2D eigenvalue weighted by Crippen LogP contribution is -2.18. The average molecular weight is 328 g/mol. The van der Waals surface area contributed by atoms with Crippen LogP contribution in [-0.2, 0) is 13.1 Å². The second-order valence-electron chi connectivity index (χ2n) is 5.25. The van der Waals surface area contributed by atoms with Gasteiger partial charge in [-0.2, -0.15) is 5.10 Å². The zero-order valence-electron chi connectivity index (χ0n) is 13.1. The topological polar surface area (TPSA) is 71.9 Å². The van der Waals surface area contributed by atoms with Gasteiger partial charge in [0.05, 0.1) is 20.2 Å². The monoisotopic (exact) mass is 328 g/mol. The van der Waals surface area contributed by atoms with E-state index >= 15 is 0 Å². The highest BCUT2D eigenvalue weighted by Gasteiger charge is 2.06. The molecule has 3 aromatic rings. The number of aromatic nitrogens is 3. The number of hydrogen-bond donors (Lipinski definition) is 2. The molecule has 0 aliphatic heterocycles. The molecular formula is C17H17FN4O2. The van der Waals surface area contributed by atoms with Gasteiger partial charge in [0.25, 0.3) is 0 Å². The summed E-state index contributed by atoms with van der Waals surface area (Å²) >= 11 is 0. The molecule has 7 heteroatoms. The molecule has 0 radical (unpaired) electrons. The fraction of sp³-hybridized carbons (Fsp3) is 0.176. The second kappa shape index (κ2) is 6.99. The van der Waals surface area contributed by atoms with E-state index in [-0.39, 0.29) is 18.1 Å². The van der Waals surface area contributed by atoms with Crippen molar-refractivity contribution in [1.29, 1.82) is 0 Å². The number of halogens is 1. The normalized spacial score (nSPS) is 10.6. The average Bonchev–Trinajstić information content (AvgIpc) is 2.93. The van der Waals surface area contributed by atoms with E-state index in [4.69, 9.17) is 4.74 Å². The van der Waals surface area contributed by atoms with Crippen LogP contribution in [0.25, 0.3) is 0 Å². The van der Waals surface area contributed by atoms with Gasteiger partial charge in [-0.15, -0.1) is 0 Å². The minimum absolute atomic E-state index is 0.215. The van der Waals surface area contributed by atoms with Gasteiger partial charge in [0.2, 0.25) is 0 Å². The summed E-state index contributed by atoms with van der Waals surface area (Å²) in [6.45, 7) is 0.574. The molecule has 1 heterocycles. The number of nitrogens with one attached hydrogen (secondary N) is 2. The Morgan fingerprint density at radius 2 is 2.08 bits per heavy atom. The molecule has 3 rings (SSSR count). The van der Waals surface area contributed by atoms with Crippen molar-refractivity contribution in [2.45, 2.75) is 13.1 Å². The van der Waals surface area contributed by atoms with Crippen LogP contribution in [0, 0.1) is 5.82 Å². The van der Waals surface area contributed by atoms with Crippen LogP contribution >= 0.6 is 0 Å². The second-order valence-corrected chi connectivity index (χ2v) is 5.25. The molecule has 1 aromatic heterocycles. The van der Waals surface area contributed by atoms with Gasteiger partial charge in [0.15, 0.2) is 0 Å². The van der Waals surface area contributed by atoms with E-state index in [1.54, 1.807) is 19.2 Å². The maximum atomic E-state index is 13.2. The molecule has 0 aliphatic carbocycles. The summed E-state index contributed by atoms with van der Waals surface area (Å²) < 4.78 is 19.6. The highest BCUT2D eigenvalue weighted by atomic mass is 19.1. The molecule has 0 unspecified atom stereocenters. The van der Waals surface area contributed by atoms with Crippen LogP contribution in [0.15, 0.2) is 53.3 Å². The van der Waals surface area contributed by atoms with Gasteiger partial charge < -0.3 is 10.1 Å². The maximum absolute atomic E-state index is 13.2. The lowest BCUT2D eigenvalue weighted by molar-refractivity contribution is 0.415. The third kappa shape index (κ3) is 3.81. The van der Waals surface area contributed by atoms with Crippen molar-refractivity contribution in [3.05, 3.63) is 76.2 Å². The van der Waals surface area contributed by atoms with Crippen molar-refractivity contribution < 1.29 is 9.13 Å². The third-order valence-electron chi connectivity index (χ3n) is 3.48. The Hall–Kier alpha value is -3.09. The third-order valence-corrected chi connectivity index (χ3v) is 3.48. The molecule has 2 N–H and O–H groups in total. The first-order valence-corrected chi connectivity index (χ1v) is 7.42. The van der Waals surface area contributed by atoms with Gasteiger partial charge in [0.1, 0.15) is 17.4 Å². The van der Waals surface area contributed by atoms with Gasteiger partial charge in [-0.05, 0) is 29.8 Å². The number of methoxy groups -OCH3 is 1. The molecule has 24 heavy (non-hydrogen) atoms. The number of nitrogens with zero attached hydrogens (tertiary/aromatic N) is 2. The number of hydrogen-bond acceptors (Lipinski definition) is 4. The summed E-state index contributed by atoms with van der Waals surface area (Å²) in [5, 5.41) is 7.39. The van der Waals surface area contributed by atoms with Crippen molar-refractivity contribution in [2.75, 3.05) is 12.4 Å². The summed E-state index contributed by atoms with van der Waals surface area (Å²) in [6.07, 6.45) is 0. The van der Waals surface area contributed by atoms with Gasteiger partial charge >= 0.3 is 5.69 Å². The first kappa shape index (κ1) is 15.8. The number of rotatable bonds is 6. The first-order chi connectivity index (χ1) is 11.6. The van der Waals surface area contributed by atoms with E-state index < -0.39 is 0 Å². The molecule has 0 spiro atoms. The SMILES string of the molecule is COc1cccc(NCc2nn(Cc3cccc(F)c3)c(=O)[nH]2)c1. The Morgan fingerprint density at radius 3 is 2.88 bits per heavy atom. The molecule has 2 aromatic carbocycles. The van der Waals surface area contributed by atoms with Crippen molar-refractivity contribution in [3.8, 4) is 5.75 Å². The number of ether oxygens (including phenoxy) is 1. The lowest BCUT2D eigenvalue weighted by Gasteiger charge is -2.06. The molecule has 0 saturated carbocycles. The van der Waals surface area contributed by atoms with Crippen LogP contribution in [0.3, 0.4) is 0 Å². The molecule has 0 aliphatic rings. The van der Waals surface area contributed by atoms with Gasteiger partial charge in [-0.25, -0.2) is 13.9 Å². The van der Waals surface area contributed by atoms with Crippen LogP contribution in [0.1, 0.15) is 11.4 Å². The zero-order valence-corrected chi connectivity index (χ0v) is 13.1.